The minimum absolute atomic E-state index is 0.0285. The molecule has 2 saturated heterocycles. The first-order valence-electron chi connectivity index (χ1n) is 13.7. The van der Waals surface area contributed by atoms with Crippen molar-refractivity contribution in [1.82, 2.24) is 20.1 Å². The Morgan fingerprint density at radius 2 is 1.95 bits per heavy atom. The molecular weight excluding hydrogens is 556 g/mol. The SMILES string of the molecule is Cc1cc(C(F)(F)F)c(C#N)c(N[C@H]2CCN(CC3CN(C4CNC4)CC(=O)N3C)c3c(F)cccc3N(C)C2=O)n1. The molecule has 224 valence electrons. The number of amides is 2. The van der Waals surface area contributed by atoms with Gasteiger partial charge in [0.05, 0.1) is 29.5 Å². The van der Waals surface area contributed by atoms with E-state index in [1.807, 2.05) is 0 Å². The van der Waals surface area contributed by atoms with Gasteiger partial charge in [-0.2, -0.15) is 18.4 Å². The summed E-state index contributed by atoms with van der Waals surface area (Å²) in [7, 11) is 3.19. The number of para-hydroxylation sites is 1. The van der Waals surface area contributed by atoms with Crippen molar-refractivity contribution in [2.24, 2.45) is 0 Å². The first-order chi connectivity index (χ1) is 19.9. The molecule has 2 amide bonds. The van der Waals surface area contributed by atoms with Gasteiger partial charge in [0, 0.05) is 58.6 Å². The Morgan fingerprint density at radius 1 is 1.21 bits per heavy atom. The van der Waals surface area contributed by atoms with Crippen molar-refractivity contribution in [3.63, 3.8) is 0 Å². The van der Waals surface area contributed by atoms with E-state index in [0.29, 0.717) is 13.1 Å². The van der Waals surface area contributed by atoms with Gasteiger partial charge < -0.3 is 25.3 Å². The van der Waals surface area contributed by atoms with Crippen LogP contribution >= 0.6 is 0 Å². The summed E-state index contributed by atoms with van der Waals surface area (Å²) in [5.41, 5.74) is -1.33. The van der Waals surface area contributed by atoms with Gasteiger partial charge in [-0.25, -0.2) is 9.37 Å². The molecule has 0 aliphatic carbocycles. The van der Waals surface area contributed by atoms with E-state index < -0.39 is 35.1 Å². The van der Waals surface area contributed by atoms with Crippen LogP contribution in [0.3, 0.4) is 0 Å². The normalized spacial score (nSPS) is 22.3. The fourth-order valence-electron chi connectivity index (χ4n) is 5.75. The summed E-state index contributed by atoms with van der Waals surface area (Å²) in [5.74, 6) is -1.44. The molecule has 0 bridgehead atoms. The van der Waals surface area contributed by atoms with Crippen LogP contribution in [-0.2, 0) is 15.8 Å². The van der Waals surface area contributed by atoms with E-state index in [0.717, 1.165) is 19.2 Å². The zero-order valence-corrected chi connectivity index (χ0v) is 23.5. The van der Waals surface area contributed by atoms with E-state index in [2.05, 4.69) is 20.5 Å². The first kappa shape index (κ1) is 29.5. The van der Waals surface area contributed by atoms with Crippen LogP contribution in [0.15, 0.2) is 24.3 Å². The van der Waals surface area contributed by atoms with Crippen molar-refractivity contribution in [3.8, 4) is 6.07 Å². The smallest absolute Gasteiger partial charge is 0.365 e. The predicted octanol–water partition coefficient (Wildman–Crippen LogP) is 2.19. The maximum atomic E-state index is 15.4. The quantitative estimate of drug-likeness (QED) is 0.512. The average Bonchev–Trinajstić information content (AvgIpc) is 2.89. The number of nitrogens with zero attached hydrogens (tertiary/aromatic N) is 6. The van der Waals surface area contributed by atoms with E-state index >= 15 is 4.39 Å². The number of nitriles is 1. The molecule has 0 saturated carbocycles. The Labute approximate surface area is 240 Å². The lowest BCUT2D eigenvalue weighted by molar-refractivity contribution is -0.139. The Bertz CT molecular complexity index is 1420. The molecule has 0 radical (unpaired) electrons. The topological polar surface area (TPSA) is 108 Å². The van der Waals surface area contributed by atoms with Crippen LogP contribution in [0.5, 0.6) is 0 Å². The number of fused-ring (bicyclic) bond motifs is 1. The number of benzene rings is 1. The highest BCUT2D eigenvalue weighted by atomic mass is 19.4. The molecule has 14 heteroatoms. The number of carbonyl (C=O) groups excluding carboxylic acids is 2. The lowest BCUT2D eigenvalue weighted by Crippen LogP contribution is -2.66. The number of rotatable bonds is 5. The van der Waals surface area contributed by atoms with Crippen molar-refractivity contribution >= 4 is 29.0 Å². The number of halogens is 4. The van der Waals surface area contributed by atoms with Crippen LogP contribution in [0.25, 0.3) is 0 Å². The lowest BCUT2D eigenvalue weighted by Gasteiger charge is -2.47. The minimum atomic E-state index is -4.79. The number of alkyl halides is 3. The minimum Gasteiger partial charge on any atom is -0.365 e. The fraction of sp³-hybridized carbons (Fsp3) is 0.500. The summed E-state index contributed by atoms with van der Waals surface area (Å²) in [5, 5.41) is 15.6. The number of anilines is 3. The summed E-state index contributed by atoms with van der Waals surface area (Å²) < 4.78 is 56.6. The third-order valence-corrected chi connectivity index (χ3v) is 8.27. The molecule has 0 spiro atoms. The number of likely N-dealkylation sites (N-methyl/N-ethyl adjacent to an activating group) is 2. The molecule has 4 heterocycles. The summed E-state index contributed by atoms with van der Waals surface area (Å²) >= 11 is 0. The van der Waals surface area contributed by atoms with Crippen molar-refractivity contribution < 1.29 is 27.2 Å². The summed E-state index contributed by atoms with van der Waals surface area (Å²) in [4.78, 5) is 37.4. The van der Waals surface area contributed by atoms with Gasteiger partial charge in [-0.3, -0.25) is 14.5 Å². The molecule has 3 aliphatic heterocycles. The number of hydrogen-bond acceptors (Lipinski definition) is 8. The van der Waals surface area contributed by atoms with Gasteiger partial charge >= 0.3 is 6.18 Å². The molecule has 2 fully saturated rings. The highest BCUT2D eigenvalue weighted by Crippen LogP contribution is 2.37. The second-order valence-electron chi connectivity index (χ2n) is 11.0. The monoisotopic (exact) mass is 588 g/mol. The molecule has 5 rings (SSSR count). The van der Waals surface area contributed by atoms with E-state index in [1.54, 1.807) is 29.0 Å². The molecule has 2 N–H and O–H groups in total. The Morgan fingerprint density at radius 3 is 2.60 bits per heavy atom. The van der Waals surface area contributed by atoms with Crippen LogP contribution in [0.1, 0.15) is 23.2 Å². The van der Waals surface area contributed by atoms with E-state index in [1.165, 1.54) is 31.0 Å². The zero-order chi connectivity index (χ0) is 30.3. The van der Waals surface area contributed by atoms with Crippen LogP contribution in [0.2, 0.25) is 0 Å². The highest BCUT2D eigenvalue weighted by Gasteiger charge is 2.39. The van der Waals surface area contributed by atoms with Gasteiger partial charge in [0.25, 0.3) is 0 Å². The van der Waals surface area contributed by atoms with Gasteiger partial charge in [-0.05, 0) is 31.5 Å². The molecule has 42 heavy (non-hydrogen) atoms. The number of pyridine rings is 1. The van der Waals surface area contributed by atoms with Gasteiger partial charge in [0.15, 0.2) is 0 Å². The number of carbonyl (C=O) groups is 2. The highest BCUT2D eigenvalue weighted by molar-refractivity contribution is 6.01. The summed E-state index contributed by atoms with van der Waals surface area (Å²) in [6.45, 7) is 4.26. The number of nitrogens with one attached hydrogen (secondary N) is 2. The Balaban J connectivity index is 1.47. The number of aryl methyl sites for hydroxylation is 1. The van der Waals surface area contributed by atoms with Crippen molar-refractivity contribution in [2.75, 3.05) is 68.5 Å². The second-order valence-corrected chi connectivity index (χ2v) is 11.0. The van der Waals surface area contributed by atoms with Crippen molar-refractivity contribution in [2.45, 2.75) is 37.6 Å². The third-order valence-electron chi connectivity index (χ3n) is 8.27. The largest absolute Gasteiger partial charge is 0.417 e. The number of hydrogen-bond donors (Lipinski definition) is 2. The van der Waals surface area contributed by atoms with Crippen LogP contribution in [-0.4, -0.2) is 98.1 Å². The number of piperazine rings is 1. The van der Waals surface area contributed by atoms with Gasteiger partial charge in [0.2, 0.25) is 11.8 Å². The standard InChI is InChI=1S/C28H32F4N8O2/c1-16-9-20(28(30,31)32)19(10-33)26(35-16)36-22-7-8-39(25-21(29)5-4-6-23(25)38(3)27(22)42)13-18-14-40(17-11-34-12-17)15-24(41)37(18)2/h4-6,9,17-18,22,34H,7-8,11-15H2,1-3H3,(H,35,36)/t18?,22-/m0/s1. The van der Waals surface area contributed by atoms with Crippen LogP contribution < -0.4 is 20.4 Å². The maximum absolute atomic E-state index is 15.4. The lowest BCUT2D eigenvalue weighted by atomic mass is 10.0. The summed E-state index contributed by atoms with van der Waals surface area (Å²) in [6.07, 6.45) is -4.73. The molecule has 1 aromatic carbocycles. The zero-order valence-electron chi connectivity index (χ0n) is 23.5. The molecule has 1 unspecified atom stereocenters. The fourth-order valence-corrected chi connectivity index (χ4v) is 5.75. The molecule has 10 nitrogen and oxygen atoms in total. The molecule has 3 aliphatic rings. The first-order valence-corrected chi connectivity index (χ1v) is 13.7. The average molecular weight is 589 g/mol. The Hall–Kier alpha value is -3.96. The van der Waals surface area contributed by atoms with Gasteiger partial charge in [0.1, 0.15) is 29.3 Å². The Kier molecular flexibility index (Phi) is 8.00. The van der Waals surface area contributed by atoms with E-state index in [9.17, 15) is 28.0 Å². The maximum Gasteiger partial charge on any atom is 0.417 e. The van der Waals surface area contributed by atoms with Crippen molar-refractivity contribution in [1.29, 1.82) is 5.26 Å². The van der Waals surface area contributed by atoms with Gasteiger partial charge in [-0.15, -0.1) is 0 Å². The second kappa shape index (κ2) is 11.4. The molecular formula is C28H32F4N8O2. The molecule has 2 atom stereocenters. The summed E-state index contributed by atoms with van der Waals surface area (Å²) in [6, 6.07) is 5.66. The third kappa shape index (κ3) is 5.58. The van der Waals surface area contributed by atoms with E-state index in [4.69, 9.17) is 0 Å². The molecule has 1 aromatic heterocycles. The van der Waals surface area contributed by atoms with Gasteiger partial charge in [-0.1, -0.05) is 6.07 Å². The number of aromatic nitrogens is 1. The van der Waals surface area contributed by atoms with Crippen molar-refractivity contribution in [3.05, 3.63) is 46.9 Å². The van der Waals surface area contributed by atoms with Crippen LogP contribution in [0, 0.1) is 24.1 Å². The predicted molar refractivity (Wildman–Crippen MR) is 148 cm³/mol. The van der Waals surface area contributed by atoms with E-state index in [-0.39, 0.29) is 60.4 Å². The molecule has 2 aromatic rings. The van der Waals surface area contributed by atoms with Crippen LogP contribution in [0.4, 0.5) is 34.8 Å².